The molecule has 0 radical (unpaired) electrons. The molecule has 0 aliphatic carbocycles. The second kappa shape index (κ2) is 8.96. The van der Waals surface area contributed by atoms with Crippen molar-refractivity contribution in [3.8, 4) is 11.1 Å². The Morgan fingerprint density at radius 3 is 2.65 bits per heavy atom. The number of aromatic nitrogens is 2. The number of amides is 2. The quantitative estimate of drug-likeness (QED) is 0.737. The molecule has 11 heteroatoms. The summed E-state index contributed by atoms with van der Waals surface area (Å²) in [5.41, 5.74) is 1.20. The number of nitrogens with one attached hydrogen (secondary N) is 1. The average Bonchev–Trinajstić information content (AvgIpc) is 3.13. The molecule has 31 heavy (non-hydrogen) atoms. The first-order chi connectivity index (χ1) is 14.9. The minimum absolute atomic E-state index is 0.203. The topological polar surface area (TPSA) is 105 Å². The highest BCUT2D eigenvalue weighted by atomic mass is 32.2. The first-order valence-corrected chi connectivity index (χ1v) is 11.3. The maximum atomic E-state index is 14.8. The van der Waals surface area contributed by atoms with Crippen molar-refractivity contribution in [2.24, 2.45) is 0 Å². The standard InChI is InChI=1S/C20H22FN5O4S/c1-13(27)22-11-16-12-26(20(28)30-16)15-2-3-17(18(21)8-15)14-9-23-19(24-10-14)25-4-6-31(29)7-5-25/h2-3,8-10,16H,4-7,11-12H2,1H3,(H,22,27). The molecule has 164 valence electrons. The van der Waals surface area contributed by atoms with Gasteiger partial charge in [-0.3, -0.25) is 13.9 Å². The van der Waals surface area contributed by atoms with E-state index in [9.17, 15) is 18.2 Å². The van der Waals surface area contributed by atoms with Crippen molar-refractivity contribution in [1.29, 1.82) is 0 Å². The molecule has 0 bridgehead atoms. The van der Waals surface area contributed by atoms with Crippen LogP contribution in [0, 0.1) is 5.82 Å². The van der Waals surface area contributed by atoms with Gasteiger partial charge >= 0.3 is 6.09 Å². The zero-order valence-electron chi connectivity index (χ0n) is 16.9. The summed E-state index contributed by atoms with van der Waals surface area (Å²) in [5.74, 6) is 0.980. The maximum absolute atomic E-state index is 14.8. The highest BCUT2D eigenvalue weighted by Crippen LogP contribution is 2.29. The fourth-order valence-electron chi connectivity index (χ4n) is 3.46. The third-order valence-electron chi connectivity index (χ3n) is 5.13. The van der Waals surface area contributed by atoms with E-state index in [0.717, 1.165) is 0 Å². The van der Waals surface area contributed by atoms with Gasteiger partial charge in [-0.2, -0.15) is 0 Å². The Balaban J connectivity index is 1.46. The zero-order valence-corrected chi connectivity index (χ0v) is 17.7. The minimum Gasteiger partial charge on any atom is -0.442 e. The van der Waals surface area contributed by atoms with Crippen molar-refractivity contribution >= 4 is 34.4 Å². The lowest BCUT2D eigenvalue weighted by Crippen LogP contribution is -2.38. The monoisotopic (exact) mass is 447 g/mol. The molecule has 3 heterocycles. The molecule has 0 spiro atoms. The van der Waals surface area contributed by atoms with Gasteiger partial charge in [0.1, 0.15) is 11.9 Å². The molecule has 4 rings (SSSR count). The van der Waals surface area contributed by atoms with Gasteiger partial charge in [0.05, 0.1) is 18.8 Å². The van der Waals surface area contributed by atoms with Crippen molar-refractivity contribution in [3.63, 3.8) is 0 Å². The molecule has 2 aliphatic rings. The van der Waals surface area contributed by atoms with Crippen LogP contribution in [-0.2, 0) is 20.3 Å². The summed E-state index contributed by atoms with van der Waals surface area (Å²) in [6.07, 6.45) is 2.03. The summed E-state index contributed by atoms with van der Waals surface area (Å²) in [5, 5.41) is 2.60. The van der Waals surface area contributed by atoms with Gasteiger partial charge in [-0.05, 0) is 18.2 Å². The smallest absolute Gasteiger partial charge is 0.414 e. The fourth-order valence-corrected chi connectivity index (χ4v) is 4.52. The molecule has 1 aromatic heterocycles. The molecule has 2 saturated heterocycles. The van der Waals surface area contributed by atoms with Crippen molar-refractivity contribution < 1.29 is 22.9 Å². The molecule has 9 nitrogen and oxygen atoms in total. The molecular weight excluding hydrogens is 425 g/mol. The molecular formula is C20H22FN5O4S. The molecule has 2 aromatic rings. The lowest BCUT2D eigenvalue weighted by atomic mass is 10.1. The Kier molecular flexibility index (Phi) is 6.12. The lowest BCUT2D eigenvalue weighted by molar-refractivity contribution is -0.119. The second-order valence-electron chi connectivity index (χ2n) is 7.32. The van der Waals surface area contributed by atoms with Crippen LogP contribution < -0.4 is 15.1 Å². The van der Waals surface area contributed by atoms with Gasteiger partial charge in [-0.25, -0.2) is 19.2 Å². The maximum Gasteiger partial charge on any atom is 0.414 e. The normalized spacial score (nSPS) is 19.4. The minimum atomic E-state index is -0.786. The second-order valence-corrected chi connectivity index (χ2v) is 9.02. The van der Waals surface area contributed by atoms with Crippen LogP contribution in [0.1, 0.15) is 6.92 Å². The Bertz CT molecular complexity index is 1010. The van der Waals surface area contributed by atoms with E-state index in [4.69, 9.17) is 4.74 Å². The van der Waals surface area contributed by atoms with Gasteiger partial charge in [0, 0.05) is 65.8 Å². The Morgan fingerprint density at radius 1 is 1.29 bits per heavy atom. The van der Waals surface area contributed by atoms with Crippen molar-refractivity contribution in [2.75, 3.05) is 47.5 Å². The van der Waals surface area contributed by atoms with Crippen molar-refractivity contribution in [2.45, 2.75) is 13.0 Å². The summed E-state index contributed by atoms with van der Waals surface area (Å²) in [6.45, 7) is 3.06. The van der Waals surface area contributed by atoms with Gasteiger partial charge in [-0.15, -0.1) is 0 Å². The molecule has 2 amide bonds. The van der Waals surface area contributed by atoms with Gasteiger partial charge in [0.2, 0.25) is 11.9 Å². The number of cyclic esters (lactones) is 1. The Labute approximate surface area is 181 Å². The van der Waals surface area contributed by atoms with Crippen LogP contribution in [0.3, 0.4) is 0 Å². The molecule has 1 atom stereocenters. The number of nitrogens with zero attached hydrogens (tertiary/aromatic N) is 4. The number of rotatable bonds is 5. The third kappa shape index (κ3) is 4.82. The SMILES string of the molecule is CC(=O)NCC1CN(c2ccc(-c3cnc(N4CCS(=O)CC4)nc3)c(F)c2)C(=O)O1. The van der Waals surface area contributed by atoms with Crippen LogP contribution in [0.25, 0.3) is 11.1 Å². The zero-order chi connectivity index (χ0) is 22.0. The van der Waals surface area contributed by atoms with Gasteiger partial charge < -0.3 is 15.0 Å². The molecule has 2 fully saturated rings. The van der Waals surface area contributed by atoms with E-state index in [2.05, 4.69) is 15.3 Å². The molecule has 1 unspecified atom stereocenters. The van der Waals surface area contributed by atoms with Crippen LogP contribution in [0.5, 0.6) is 0 Å². The number of hydrogen-bond acceptors (Lipinski definition) is 7. The first kappa shape index (κ1) is 21.2. The van der Waals surface area contributed by atoms with E-state index in [1.165, 1.54) is 17.9 Å². The van der Waals surface area contributed by atoms with Crippen molar-refractivity contribution in [1.82, 2.24) is 15.3 Å². The molecule has 1 aromatic carbocycles. The van der Waals surface area contributed by atoms with Gasteiger partial charge in [0.25, 0.3) is 0 Å². The van der Waals surface area contributed by atoms with Crippen LogP contribution in [-0.4, -0.2) is 70.0 Å². The van der Waals surface area contributed by atoms with Crippen LogP contribution >= 0.6 is 0 Å². The number of benzene rings is 1. The van der Waals surface area contributed by atoms with Crippen LogP contribution in [0.15, 0.2) is 30.6 Å². The summed E-state index contributed by atoms with van der Waals surface area (Å²) < 4.78 is 31.5. The summed E-state index contributed by atoms with van der Waals surface area (Å²) in [6, 6.07) is 4.47. The molecule has 2 aliphatic heterocycles. The summed E-state index contributed by atoms with van der Waals surface area (Å²) in [7, 11) is -0.786. The first-order valence-electron chi connectivity index (χ1n) is 9.85. The van der Waals surface area contributed by atoms with E-state index >= 15 is 0 Å². The van der Waals surface area contributed by atoms with Crippen LogP contribution in [0.2, 0.25) is 0 Å². The number of halogens is 1. The Morgan fingerprint density at radius 2 is 2.00 bits per heavy atom. The number of carbonyl (C=O) groups excluding carboxylic acids is 2. The van der Waals surface area contributed by atoms with E-state index in [0.29, 0.717) is 47.4 Å². The average molecular weight is 447 g/mol. The van der Waals surface area contributed by atoms with Crippen LogP contribution in [0.4, 0.5) is 20.8 Å². The number of anilines is 2. The van der Waals surface area contributed by atoms with Gasteiger partial charge in [0.15, 0.2) is 0 Å². The summed E-state index contributed by atoms with van der Waals surface area (Å²) in [4.78, 5) is 35.1. The highest BCUT2D eigenvalue weighted by molar-refractivity contribution is 7.85. The van der Waals surface area contributed by atoms with E-state index in [1.54, 1.807) is 24.5 Å². The van der Waals surface area contributed by atoms with E-state index in [1.807, 2.05) is 4.90 Å². The highest BCUT2D eigenvalue weighted by Gasteiger charge is 2.32. The fraction of sp³-hybridized carbons (Fsp3) is 0.400. The summed E-state index contributed by atoms with van der Waals surface area (Å²) >= 11 is 0. The number of ether oxygens (including phenoxy) is 1. The molecule has 0 saturated carbocycles. The third-order valence-corrected chi connectivity index (χ3v) is 6.40. The van der Waals surface area contributed by atoms with Gasteiger partial charge in [-0.1, -0.05) is 0 Å². The predicted octanol–water partition coefficient (Wildman–Crippen LogP) is 1.31. The lowest BCUT2D eigenvalue weighted by Gasteiger charge is -2.26. The van der Waals surface area contributed by atoms with E-state index < -0.39 is 28.8 Å². The Hall–Kier alpha value is -3.08. The van der Waals surface area contributed by atoms with Crippen molar-refractivity contribution in [3.05, 3.63) is 36.4 Å². The van der Waals surface area contributed by atoms with E-state index in [-0.39, 0.29) is 19.0 Å². The number of hydrogen-bond donors (Lipinski definition) is 1. The predicted molar refractivity (Wildman–Crippen MR) is 114 cm³/mol. The number of carbonyl (C=O) groups is 2. The molecule has 1 N–H and O–H groups in total. The largest absolute Gasteiger partial charge is 0.442 e.